The van der Waals surface area contributed by atoms with Gasteiger partial charge in [0.2, 0.25) is 0 Å². The zero-order valence-corrected chi connectivity index (χ0v) is 12.9. The van der Waals surface area contributed by atoms with E-state index in [-0.39, 0.29) is 18.1 Å². The average molecular weight is 282 g/mol. The molecule has 3 unspecified atom stereocenters. The minimum absolute atomic E-state index is 0.174. The molecule has 2 aliphatic rings. The first kappa shape index (κ1) is 15.8. The SMILES string of the molecule is CC(OC1CCCCC1CN)C(=O)N1CCCCCC1. The predicted molar refractivity (Wildman–Crippen MR) is 80.4 cm³/mol. The van der Waals surface area contributed by atoms with E-state index < -0.39 is 0 Å². The molecule has 4 nitrogen and oxygen atoms in total. The Labute approximate surface area is 123 Å². The van der Waals surface area contributed by atoms with Crippen LogP contribution in [0.4, 0.5) is 0 Å². The first-order chi connectivity index (χ1) is 9.72. The van der Waals surface area contributed by atoms with Crippen LogP contribution in [0.25, 0.3) is 0 Å². The molecular weight excluding hydrogens is 252 g/mol. The maximum Gasteiger partial charge on any atom is 0.251 e. The van der Waals surface area contributed by atoms with Gasteiger partial charge in [0.25, 0.3) is 5.91 Å². The van der Waals surface area contributed by atoms with Crippen LogP contribution in [0, 0.1) is 5.92 Å². The Morgan fingerprint density at radius 3 is 2.45 bits per heavy atom. The summed E-state index contributed by atoms with van der Waals surface area (Å²) in [6.45, 7) is 4.39. The number of carbonyl (C=O) groups excluding carboxylic acids is 1. The first-order valence-electron chi connectivity index (χ1n) is 8.36. The molecule has 1 aliphatic carbocycles. The van der Waals surface area contributed by atoms with Crippen molar-refractivity contribution < 1.29 is 9.53 Å². The van der Waals surface area contributed by atoms with E-state index >= 15 is 0 Å². The Balaban J connectivity index is 1.85. The molecule has 4 heteroatoms. The third-order valence-corrected chi connectivity index (χ3v) is 4.79. The Kier molecular flexibility index (Phi) is 6.30. The van der Waals surface area contributed by atoms with Gasteiger partial charge in [0.15, 0.2) is 0 Å². The summed E-state index contributed by atoms with van der Waals surface area (Å²) in [5.74, 6) is 0.608. The highest BCUT2D eigenvalue weighted by molar-refractivity contribution is 5.80. The van der Waals surface area contributed by atoms with Gasteiger partial charge >= 0.3 is 0 Å². The minimum Gasteiger partial charge on any atom is -0.365 e. The number of amides is 1. The van der Waals surface area contributed by atoms with Gasteiger partial charge in [-0.15, -0.1) is 0 Å². The molecule has 2 N–H and O–H groups in total. The highest BCUT2D eigenvalue weighted by atomic mass is 16.5. The molecule has 1 saturated carbocycles. The van der Waals surface area contributed by atoms with Crippen LogP contribution in [0.1, 0.15) is 58.3 Å². The molecule has 1 saturated heterocycles. The molecule has 1 amide bonds. The van der Waals surface area contributed by atoms with E-state index in [1.165, 1.54) is 25.7 Å². The van der Waals surface area contributed by atoms with Crippen molar-refractivity contribution in [3.63, 3.8) is 0 Å². The van der Waals surface area contributed by atoms with Crippen molar-refractivity contribution in [2.45, 2.75) is 70.5 Å². The highest BCUT2D eigenvalue weighted by Gasteiger charge is 2.30. The molecule has 0 radical (unpaired) electrons. The number of likely N-dealkylation sites (tertiary alicyclic amines) is 1. The third-order valence-electron chi connectivity index (χ3n) is 4.79. The second kappa shape index (κ2) is 7.99. The van der Waals surface area contributed by atoms with Gasteiger partial charge in [0.05, 0.1) is 6.10 Å². The van der Waals surface area contributed by atoms with E-state index in [1.807, 2.05) is 11.8 Å². The lowest BCUT2D eigenvalue weighted by atomic mass is 9.86. The summed E-state index contributed by atoms with van der Waals surface area (Å²) in [5.41, 5.74) is 5.83. The number of ether oxygens (including phenoxy) is 1. The standard InChI is InChI=1S/C16H30N2O2/c1-13(16(19)18-10-6-2-3-7-11-18)20-15-9-5-4-8-14(15)12-17/h13-15H,2-12,17H2,1H3. The van der Waals surface area contributed by atoms with Crippen LogP contribution >= 0.6 is 0 Å². The Morgan fingerprint density at radius 2 is 1.80 bits per heavy atom. The second-order valence-electron chi connectivity index (χ2n) is 6.34. The van der Waals surface area contributed by atoms with Crippen molar-refractivity contribution in [3.05, 3.63) is 0 Å². The summed E-state index contributed by atoms with van der Waals surface area (Å²) in [4.78, 5) is 14.5. The Morgan fingerprint density at radius 1 is 1.15 bits per heavy atom. The quantitative estimate of drug-likeness (QED) is 0.861. The van der Waals surface area contributed by atoms with Gasteiger partial charge in [-0.05, 0) is 45.1 Å². The summed E-state index contributed by atoms with van der Waals surface area (Å²) >= 11 is 0. The van der Waals surface area contributed by atoms with E-state index in [2.05, 4.69) is 0 Å². The monoisotopic (exact) mass is 282 g/mol. The Bertz CT molecular complexity index is 301. The van der Waals surface area contributed by atoms with E-state index in [0.717, 1.165) is 38.8 Å². The molecule has 1 aliphatic heterocycles. The molecular formula is C16H30N2O2. The molecule has 0 aromatic rings. The van der Waals surface area contributed by atoms with Gasteiger partial charge < -0.3 is 15.4 Å². The maximum atomic E-state index is 12.5. The number of hydrogen-bond acceptors (Lipinski definition) is 3. The molecule has 1 heterocycles. The van der Waals surface area contributed by atoms with Crippen molar-refractivity contribution in [2.75, 3.05) is 19.6 Å². The van der Waals surface area contributed by atoms with Crippen LogP contribution in [0.3, 0.4) is 0 Å². The van der Waals surface area contributed by atoms with Gasteiger partial charge in [0.1, 0.15) is 6.10 Å². The molecule has 0 spiro atoms. The third kappa shape index (κ3) is 4.19. The lowest BCUT2D eigenvalue weighted by Gasteiger charge is -2.33. The van der Waals surface area contributed by atoms with E-state index in [1.54, 1.807) is 0 Å². The molecule has 2 fully saturated rings. The molecule has 0 bridgehead atoms. The van der Waals surface area contributed by atoms with Crippen LogP contribution in [0.15, 0.2) is 0 Å². The zero-order valence-electron chi connectivity index (χ0n) is 12.9. The highest BCUT2D eigenvalue weighted by Crippen LogP contribution is 2.27. The molecule has 20 heavy (non-hydrogen) atoms. The van der Waals surface area contributed by atoms with Crippen molar-refractivity contribution in [3.8, 4) is 0 Å². The van der Waals surface area contributed by atoms with Gasteiger partial charge in [-0.3, -0.25) is 4.79 Å². The van der Waals surface area contributed by atoms with Crippen LogP contribution in [-0.4, -0.2) is 42.6 Å². The topological polar surface area (TPSA) is 55.6 Å². The van der Waals surface area contributed by atoms with E-state index in [4.69, 9.17) is 10.5 Å². The molecule has 0 aromatic heterocycles. The van der Waals surface area contributed by atoms with Crippen LogP contribution in [0.2, 0.25) is 0 Å². The fraction of sp³-hybridized carbons (Fsp3) is 0.938. The van der Waals surface area contributed by atoms with Crippen molar-refractivity contribution in [2.24, 2.45) is 11.7 Å². The van der Waals surface area contributed by atoms with Gasteiger partial charge in [0, 0.05) is 13.1 Å². The van der Waals surface area contributed by atoms with Crippen LogP contribution < -0.4 is 5.73 Å². The summed E-state index contributed by atoms with van der Waals surface area (Å²) in [7, 11) is 0. The number of rotatable bonds is 4. The van der Waals surface area contributed by atoms with E-state index in [9.17, 15) is 4.79 Å². The lowest BCUT2D eigenvalue weighted by Crippen LogP contribution is -2.43. The van der Waals surface area contributed by atoms with E-state index in [0.29, 0.717) is 12.5 Å². The summed E-state index contributed by atoms with van der Waals surface area (Å²) < 4.78 is 6.08. The zero-order chi connectivity index (χ0) is 14.4. The molecule has 116 valence electrons. The molecule has 3 atom stereocenters. The van der Waals surface area contributed by atoms with Crippen molar-refractivity contribution >= 4 is 5.91 Å². The van der Waals surface area contributed by atoms with Gasteiger partial charge in [-0.1, -0.05) is 25.7 Å². The molecule has 0 aromatic carbocycles. The van der Waals surface area contributed by atoms with Crippen LogP contribution in [0.5, 0.6) is 0 Å². The maximum absolute atomic E-state index is 12.5. The average Bonchev–Trinajstić information content (AvgIpc) is 2.76. The van der Waals surface area contributed by atoms with Gasteiger partial charge in [-0.25, -0.2) is 0 Å². The second-order valence-corrected chi connectivity index (χ2v) is 6.34. The fourth-order valence-electron chi connectivity index (χ4n) is 3.49. The number of hydrogen-bond donors (Lipinski definition) is 1. The lowest BCUT2D eigenvalue weighted by molar-refractivity contribution is -0.149. The Hall–Kier alpha value is -0.610. The minimum atomic E-state index is -0.315. The van der Waals surface area contributed by atoms with Crippen molar-refractivity contribution in [1.82, 2.24) is 4.90 Å². The molecule has 2 rings (SSSR count). The van der Waals surface area contributed by atoms with Crippen LogP contribution in [-0.2, 0) is 9.53 Å². The smallest absolute Gasteiger partial charge is 0.251 e. The largest absolute Gasteiger partial charge is 0.365 e. The predicted octanol–water partition coefficient (Wildman–Crippen LogP) is 2.31. The number of carbonyl (C=O) groups is 1. The summed E-state index contributed by atoms with van der Waals surface area (Å²) in [5, 5.41) is 0. The summed E-state index contributed by atoms with van der Waals surface area (Å²) in [6.07, 6.45) is 9.27. The van der Waals surface area contributed by atoms with Crippen molar-refractivity contribution in [1.29, 1.82) is 0 Å². The first-order valence-corrected chi connectivity index (χ1v) is 8.36. The number of nitrogens with two attached hydrogens (primary N) is 1. The summed E-state index contributed by atoms with van der Waals surface area (Å²) in [6, 6.07) is 0. The normalized spacial score (nSPS) is 29.8. The fourth-order valence-corrected chi connectivity index (χ4v) is 3.49. The van der Waals surface area contributed by atoms with Gasteiger partial charge in [-0.2, -0.15) is 0 Å². The number of nitrogens with zero attached hydrogens (tertiary/aromatic N) is 1.